The van der Waals surface area contributed by atoms with E-state index in [1.54, 1.807) is 11.8 Å². The summed E-state index contributed by atoms with van der Waals surface area (Å²) in [5, 5.41) is 4.30. The van der Waals surface area contributed by atoms with Crippen molar-refractivity contribution in [3.63, 3.8) is 0 Å². The smallest absolute Gasteiger partial charge is 0.367 e. The van der Waals surface area contributed by atoms with Crippen molar-refractivity contribution in [3.8, 4) is 0 Å². The molecule has 1 aliphatic heterocycles. The van der Waals surface area contributed by atoms with Crippen LogP contribution in [0.2, 0.25) is 0 Å². The molecule has 7 nitrogen and oxygen atoms in total. The first-order valence-corrected chi connectivity index (χ1v) is 14.9. The molecule has 1 aromatic carbocycles. The third-order valence-electron chi connectivity index (χ3n) is 6.77. The van der Waals surface area contributed by atoms with Crippen molar-refractivity contribution in [1.82, 2.24) is 9.62 Å². The topological polar surface area (TPSA) is 110 Å². The van der Waals surface area contributed by atoms with Crippen LogP contribution in [0.1, 0.15) is 64.0 Å². The molecule has 0 aromatic heterocycles. The van der Waals surface area contributed by atoms with Crippen molar-refractivity contribution in [3.05, 3.63) is 35.4 Å². The second-order valence-electron chi connectivity index (χ2n) is 10.3. The molecule has 204 valence electrons. The fourth-order valence-corrected chi connectivity index (χ4v) is 7.54. The van der Waals surface area contributed by atoms with E-state index < -0.39 is 60.2 Å². The number of halogens is 4. The van der Waals surface area contributed by atoms with Crippen molar-refractivity contribution in [1.29, 1.82) is 0 Å². The van der Waals surface area contributed by atoms with Gasteiger partial charge in [0, 0.05) is 18.3 Å². The highest BCUT2D eigenvalue weighted by Gasteiger charge is 2.42. The van der Waals surface area contributed by atoms with E-state index in [9.17, 15) is 34.4 Å². The Balaban J connectivity index is 2.10. The second kappa shape index (κ2) is 10.2. The van der Waals surface area contributed by atoms with Crippen LogP contribution in [-0.4, -0.2) is 51.8 Å². The Morgan fingerprint density at radius 2 is 1.69 bits per heavy atom. The van der Waals surface area contributed by atoms with Gasteiger partial charge in [0.25, 0.3) is 0 Å². The maximum absolute atomic E-state index is 14.1. The summed E-state index contributed by atoms with van der Waals surface area (Å²) in [6.45, 7) is 3.42. The van der Waals surface area contributed by atoms with Gasteiger partial charge in [-0.15, -0.1) is 0 Å². The average Bonchev–Trinajstić information content (AvgIpc) is 3.09. The Hall–Kier alpha value is -1.70. The van der Waals surface area contributed by atoms with Crippen LogP contribution in [0.3, 0.4) is 0 Å². The summed E-state index contributed by atoms with van der Waals surface area (Å²) < 4.78 is 107. The van der Waals surface area contributed by atoms with Crippen molar-refractivity contribution in [2.75, 3.05) is 13.2 Å². The Morgan fingerprint density at radius 3 is 2.22 bits per heavy atom. The number of nitrogens with zero attached hydrogens (tertiary/aromatic N) is 1. The van der Waals surface area contributed by atoms with Crippen LogP contribution in [0.25, 0.3) is 5.70 Å². The lowest BCUT2D eigenvalue weighted by Gasteiger charge is -2.34. The molecule has 0 radical (unpaired) electrons. The summed E-state index contributed by atoms with van der Waals surface area (Å²) in [5.41, 5.74) is -2.74. The highest BCUT2D eigenvalue weighted by atomic mass is 32.2. The van der Waals surface area contributed by atoms with Crippen LogP contribution in [-0.2, 0) is 26.2 Å². The first kappa shape index (κ1) is 28.9. The number of primary sulfonamides is 1. The van der Waals surface area contributed by atoms with E-state index in [1.165, 1.54) is 26.0 Å². The van der Waals surface area contributed by atoms with Gasteiger partial charge in [-0.05, 0) is 63.3 Å². The minimum atomic E-state index is -5.04. The van der Waals surface area contributed by atoms with Crippen molar-refractivity contribution >= 4 is 25.7 Å². The first-order valence-electron chi connectivity index (χ1n) is 11.8. The zero-order valence-corrected chi connectivity index (χ0v) is 22.1. The monoisotopic (exact) mass is 555 g/mol. The molecule has 2 aliphatic rings. The Kier molecular flexibility index (Phi) is 8.20. The number of alkyl halides is 4. The number of nitrogens with one attached hydrogen (secondary N) is 1. The summed E-state index contributed by atoms with van der Waals surface area (Å²) in [4.78, 5) is 0.730. The second-order valence-corrected chi connectivity index (χ2v) is 13.7. The van der Waals surface area contributed by atoms with Gasteiger partial charge in [-0.25, -0.2) is 31.1 Å². The SMILES string of the molecule is CC1C(S(N)(=O)=O)C=C(c2ccc(S(=O)(=O)NC(C)(C)CF)c(C(F)(F)F)c2)N1CC1CCCCC1. The third kappa shape index (κ3) is 6.40. The number of hydrogen-bond donors (Lipinski definition) is 2. The first-order chi connectivity index (χ1) is 16.5. The van der Waals surface area contributed by atoms with E-state index in [0.717, 1.165) is 38.2 Å². The van der Waals surface area contributed by atoms with Crippen LogP contribution in [0, 0.1) is 5.92 Å². The summed E-state index contributed by atoms with van der Waals surface area (Å²) in [7, 11) is -8.77. The molecule has 0 saturated heterocycles. The quantitative estimate of drug-likeness (QED) is 0.471. The summed E-state index contributed by atoms with van der Waals surface area (Å²) >= 11 is 0. The molecule has 3 rings (SSSR count). The van der Waals surface area contributed by atoms with E-state index in [2.05, 4.69) is 0 Å². The molecule has 36 heavy (non-hydrogen) atoms. The fraction of sp³-hybridized carbons (Fsp3) is 0.652. The Bertz CT molecular complexity index is 1210. The average molecular weight is 556 g/mol. The van der Waals surface area contributed by atoms with Gasteiger partial charge in [0.05, 0.1) is 16.0 Å². The van der Waals surface area contributed by atoms with Gasteiger partial charge in [-0.2, -0.15) is 13.2 Å². The minimum absolute atomic E-state index is 0.0276. The molecular weight excluding hydrogens is 522 g/mol. The molecular formula is C23H33F4N3O4S2. The zero-order chi connectivity index (χ0) is 27.1. The molecule has 3 N–H and O–H groups in total. The minimum Gasteiger partial charge on any atom is -0.367 e. The van der Waals surface area contributed by atoms with Crippen molar-refractivity contribution in [2.24, 2.45) is 11.1 Å². The van der Waals surface area contributed by atoms with Crippen LogP contribution in [0.5, 0.6) is 0 Å². The Labute approximate surface area is 210 Å². The standard InChI is InChI=1S/C23H33F4N3O4S2/c1-15-21(35(28,31)32)12-19(30(15)13-16-7-5-4-6-8-16)17-9-10-20(18(11-17)23(25,26)27)36(33,34)29-22(2,3)14-24/h9-12,15-16,21,29H,4-8,13-14H2,1-3H3,(H2,28,31,32). The lowest BCUT2D eigenvalue weighted by molar-refractivity contribution is -0.139. The Morgan fingerprint density at radius 1 is 1.08 bits per heavy atom. The molecule has 1 fully saturated rings. The van der Waals surface area contributed by atoms with E-state index in [-0.39, 0.29) is 17.2 Å². The highest BCUT2D eigenvalue weighted by Crippen LogP contribution is 2.40. The predicted molar refractivity (Wildman–Crippen MR) is 129 cm³/mol. The largest absolute Gasteiger partial charge is 0.417 e. The summed E-state index contributed by atoms with van der Waals surface area (Å²) in [6.07, 6.45) is 1.31. The summed E-state index contributed by atoms with van der Waals surface area (Å²) in [6, 6.07) is 2.13. The molecule has 1 saturated carbocycles. The fourth-order valence-electron chi connectivity index (χ4n) is 4.92. The lowest BCUT2D eigenvalue weighted by atomic mass is 9.88. The third-order valence-corrected chi connectivity index (χ3v) is 9.82. The number of nitrogens with two attached hydrogens (primary N) is 1. The molecule has 0 spiro atoms. The van der Waals surface area contributed by atoms with E-state index in [4.69, 9.17) is 5.14 Å². The number of benzene rings is 1. The van der Waals surface area contributed by atoms with Gasteiger partial charge < -0.3 is 4.90 Å². The normalized spacial score (nSPS) is 22.7. The maximum Gasteiger partial charge on any atom is 0.417 e. The zero-order valence-electron chi connectivity index (χ0n) is 20.5. The van der Waals surface area contributed by atoms with Crippen molar-refractivity contribution < 1.29 is 34.4 Å². The molecule has 1 aromatic rings. The van der Waals surface area contributed by atoms with Gasteiger partial charge in [0.1, 0.15) is 11.9 Å². The van der Waals surface area contributed by atoms with Crippen LogP contribution >= 0.6 is 0 Å². The molecule has 13 heteroatoms. The number of rotatable bonds is 8. The van der Waals surface area contributed by atoms with Gasteiger partial charge in [0.2, 0.25) is 20.0 Å². The van der Waals surface area contributed by atoms with Gasteiger partial charge in [-0.1, -0.05) is 25.3 Å². The van der Waals surface area contributed by atoms with Gasteiger partial charge in [-0.3, -0.25) is 0 Å². The predicted octanol–water partition coefficient (Wildman–Crippen LogP) is 4.01. The summed E-state index contributed by atoms with van der Waals surface area (Å²) in [5.74, 6) is 0.248. The molecule has 0 bridgehead atoms. The highest BCUT2D eigenvalue weighted by molar-refractivity contribution is 7.90. The molecule has 2 atom stereocenters. The van der Waals surface area contributed by atoms with Crippen molar-refractivity contribution in [2.45, 2.75) is 80.8 Å². The van der Waals surface area contributed by atoms with Gasteiger partial charge in [0.15, 0.2) is 0 Å². The van der Waals surface area contributed by atoms with Crippen LogP contribution in [0.15, 0.2) is 29.2 Å². The molecule has 1 aliphatic carbocycles. The van der Waals surface area contributed by atoms with E-state index in [0.29, 0.717) is 12.6 Å². The number of hydrogen-bond acceptors (Lipinski definition) is 5. The molecule has 2 unspecified atom stereocenters. The van der Waals surface area contributed by atoms with Crippen LogP contribution < -0.4 is 9.86 Å². The lowest BCUT2D eigenvalue weighted by Crippen LogP contribution is -2.45. The van der Waals surface area contributed by atoms with Gasteiger partial charge >= 0.3 is 6.18 Å². The molecule has 1 heterocycles. The maximum atomic E-state index is 14.1. The van der Waals surface area contributed by atoms with Crippen LogP contribution in [0.4, 0.5) is 17.6 Å². The molecule has 0 amide bonds. The van der Waals surface area contributed by atoms with E-state index >= 15 is 0 Å². The van der Waals surface area contributed by atoms with E-state index in [1.807, 2.05) is 4.72 Å². The number of sulfonamides is 2.